The summed E-state index contributed by atoms with van der Waals surface area (Å²) in [5, 5.41) is 11.7. The zero-order valence-corrected chi connectivity index (χ0v) is 11.6. The van der Waals surface area contributed by atoms with Gasteiger partial charge in [0.1, 0.15) is 5.75 Å². The number of nitrogens with two attached hydrogens (primary N) is 1. The Bertz CT molecular complexity index is 471. The van der Waals surface area contributed by atoms with Gasteiger partial charge in [-0.1, -0.05) is 18.5 Å². The van der Waals surface area contributed by atoms with Crippen molar-refractivity contribution in [2.45, 2.75) is 45.6 Å². The quantitative estimate of drug-likeness (QED) is 0.381. The molecule has 0 saturated heterocycles. The summed E-state index contributed by atoms with van der Waals surface area (Å²) in [6.07, 6.45) is 5.12. The number of nitrogens with zero attached hydrogens (tertiary/aromatic N) is 1. The second-order valence-corrected chi connectivity index (χ2v) is 5.48. The molecule has 3 N–H and O–H groups in total. The molecule has 0 spiro atoms. The number of oxime groups is 1. The lowest BCUT2D eigenvalue weighted by molar-refractivity contribution is 0.128. The predicted molar refractivity (Wildman–Crippen MR) is 75.7 cm³/mol. The molecule has 1 aliphatic carbocycles. The maximum atomic E-state index is 8.67. The van der Waals surface area contributed by atoms with Gasteiger partial charge in [0.25, 0.3) is 0 Å². The first-order valence-corrected chi connectivity index (χ1v) is 6.85. The van der Waals surface area contributed by atoms with Crippen LogP contribution in [0.4, 0.5) is 0 Å². The van der Waals surface area contributed by atoms with Gasteiger partial charge in [0.15, 0.2) is 5.84 Å². The van der Waals surface area contributed by atoms with Crippen molar-refractivity contribution < 1.29 is 9.94 Å². The van der Waals surface area contributed by atoms with Crippen LogP contribution < -0.4 is 10.5 Å². The van der Waals surface area contributed by atoms with E-state index in [9.17, 15) is 0 Å². The molecule has 1 aromatic rings. The molecule has 0 radical (unpaired) electrons. The first kappa shape index (κ1) is 13.7. The van der Waals surface area contributed by atoms with Gasteiger partial charge in [-0.15, -0.1) is 0 Å². The van der Waals surface area contributed by atoms with Crippen LogP contribution in [0.5, 0.6) is 5.75 Å². The monoisotopic (exact) mass is 262 g/mol. The minimum Gasteiger partial charge on any atom is -0.490 e. The van der Waals surface area contributed by atoms with Crippen molar-refractivity contribution in [2.24, 2.45) is 16.8 Å². The number of rotatable bonds is 3. The molecule has 0 aromatic heterocycles. The second-order valence-electron chi connectivity index (χ2n) is 5.48. The van der Waals surface area contributed by atoms with Gasteiger partial charge in [-0.2, -0.15) is 0 Å². The van der Waals surface area contributed by atoms with Gasteiger partial charge in [-0.25, -0.2) is 0 Å². The molecule has 2 atom stereocenters. The average Bonchev–Trinajstić information content (AvgIpc) is 2.40. The number of amidine groups is 1. The average molecular weight is 262 g/mol. The van der Waals surface area contributed by atoms with E-state index in [1.807, 2.05) is 25.1 Å². The Morgan fingerprint density at radius 3 is 2.84 bits per heavy atom. The van der Waals surface area contributed by atoms with Crippen LogP contribution in [0.15, 0.2) is 23.4 Å². The summed E-state index contributed by atoms with van der Waals surface area (Å²) in [7, 11) is 0. The molecule has 1 aliphatic rings. The molecule has 104 valence electrons. The van der Waals surface area contributed by atoms with E-state index in [0.717, 1.165) is 30.1 Å². The van der Waals surface area contributed by atoms with Gasteiger partial charge in [0.05, 0.1) is 6.10 Å². The molecule has 0 heterocycles. The summed E-state index contributed by atoms with van der Waals surface area (Å²) in [4.78, 5) is 0. The summed E-state index contributed by atoms with van der Waals surface area (Å²) in [6.45, 7) is 4.26. The van der Waals surface area contributed by atoms with Gasteiger partial charge in [0, 0.05) is 5.56 Å². The van der Waals surface area contributed by atoms with Crippen molar-refractivity contribution in [3.8, 4) is 5.75 Å². The Morgan fingerprint density at radius 2 is 2.21 bits per heavy atom. The molecule has 2 rings (SSSR count). The summed E-state index contributed by atoms with van der Waals surface area (Å²) in [6, 6.07) is 5.61. The van der Waals surface area contributed by atoms with Crippen molar-refractivity contribution in [2.75, 3.05) is 0 Å². The number of hydrogen-bond acceptors (Lipinski definition) is 3. The number of hydrogen-bond donors (Lipinski definition) is 2. The Balaban J connectivity index is 2.09. The van der Waals surface area contributed by atoms with E-state index >= 15 is 0 Å². The highest BCUT2D eigenvalue weighted by atomic mass is 16.5. The summed E-state index contributed by atoms with van der Waals surface area (Å²) in [5.74, 6) is 1.77. The molecular weight excluding hydrogens is 240 g/mol. The highest BCUT2D eigenvalue weighted by molar-refractivity contribution is 5.97. The van der Waals surface area contributed by atoms with Gasteiger partial charge in [0.2, 0.25) is 0 Å². The molecule has 1 aromatic carbocycles. The molecule has 4 nitrogen and oxygen atoms in total. The van der Waals surface area contributed by atoms with Crippen LogP contribution in [0.25, 0.3) is 0 Å². The molecule has 2 unspecified atom stereocenters. The predicted octanol–water partition coefficient (Wildman–Crippen LogP) is 3.05. The number of ether oxygens (including phenoxy) is 1. The third kappa shape index (κ3) is 3.40. The molecule has 0 amide bonds. The molecule has 0 bridgehead atoms. The van der Waals surface area contributed by atoms with Gasteiger partial charge in [-0.3, -0.25) is 0 Å². The number of aryl methyl sites for hydroxylation is 1. The van der Waals surface area contributed by atoms with E-state index in [4.69, 9.17) is 15.7 Å². The van der Waals surface area contributed by atoms with Crippen LogP contribution in [0.3, 0.4) is 0 Å². The zero-order valence-electron chi connectivity index (χ0n) is 11.6. The minimum absolute atomic E-state index is 0.126. The van der Waals surface area contributed by atoms with Gasteiger partial charge in [-0.05, 0) is 55.9 Å². The summed E-state index contributed by atoms with van der Waals surface area (Å²) < 4.78 is 6.08. The molecule has 19 heavy (non-hydrogen) atoms. The van der Waals surface area contributed by atoms with E-state index in [-0.39, 0.29) is 5.84 Å². The van der Waals surface area contributed by atoms with Crippen molar-refractivity contribution >= 4 is 5.84 Å². The van der Waals surface area contributed by atoms with Crippen LogP contribution in [0, 0.1) is 12.8 Å². The third-order valence-corrected chi connectivity index (χ3v) is 3.76. The van der Waals surface area contributed by atoms with Crippen molar-refractivity contribution in [3.05, 3.63) is 29.3 Å². The number of benzene rings is 1. The third-order valence-electron chi connectivity index (χ3n) is 3.76. The molecule has 1 fully saturated rings. The fourth-order valence-electron chi connectivity index (χ4n) is 2.66. The normalized spacial score (nSPS) is 24.2. The van der Waals surface area contributed by atoms with E-state index < -0.39 is 0 Å². The molecule has 4 heteroatoms. The van der Waals surface area contributed by atoms with Crippen molar-refractivity contribution in [3.63, 3.8) is 0 Å². The molecular formula is C15H22N2O2. The Morgan fingerprint density at radius 1 is 1.42 bits per heavy atom. The van der Waals surface area contributed by atoms with E-state index in [0.29, 0.717) is 11.7 Å². The van der Waals surface area contributed by atoms with Crippen LogP contribution in [-0.2, 0) is 0 Å². The largest absolute Gasteiger partial charge is 0.490 e. The maximum Gasteiger partial charge on any atom is 0.170 e. The topological polar surface area (TPSA) is 67.8 Å². The Kier molecular flexibility index (Phi) is 4.30. The van der Waals surface area contributed by atoms with Crippen LogP contribution >= 0.6 is 0 Å². The second kappa shape index (κ2) is 5.95. The minimum atomic E-state index is 0.126. The lowest BCUT2D eigenvalue weighted by Gasteiger charge is -2.28. The lowest BCUT2D eigenvalue weighted by atomic mass is 9.88. The van der Waals surface area contributed by atoms with E-state index in [1.54, 1.807) is 0 Å². The first-order valence-electron chi connectivity index (χ1n) is 6.85. The fourth-order valence-corrected chi connectivity index (χ4v) is 2.66. The molecule has 0 aliphatic heterocycles. The van der Waals surface area contributed by atoms with Crippen LogP contribution in [0.1, 0.15) is 43.7 Å². The van der Waals surface area contributed by atoms with E-state index in [2.05, 4.69) is 12.1 Å². The Labute approximate surface area is 114 Å². The van der Waals surface area contributed by atoms with Gasteiger partial charge < -0.3 is 15.7 Å². The highest BCUT2D eigenvalue weighted by Gasteiger charge is 2.20. The van der Waals surface area contributed by atoms with E-state index in [1.165, 1.54) is 12.8 Å². The highest BCUT2D eigenvalue weighted by Crippen LogP contribution is 2.29. The lowest BCUT2D eigenvalue weighted by Crippen LogP contribution is -2.24. The summed E-state index contributed by atoms with van der Waals surface area (Å²) in [5.41, 5.74) is 7.30. The molecule has 1 saturated carbocycles. The Hall–Kier alpha value is -1.71. The standard InChI is InChI=1S/C15H22N2O2/c1-10-4-3-5-13(8-10)19-14-7-6-12(9-11(14)2)15(16)17-18/h6-7,9-10,13,18H,3-5,8H2,1-2H3,(H2,16,17). The maximum absolute atomic E-state index is 8.67. The van der Waals surface area contributed by atoms with Crippen LogP contribution in [-0.4, -0.2) is 17.1 Å². The SMILES string of the molecule is Cc1cc(/C(N)=N/O)ccc1OC1CCCC(C)C1. The zero-order chi connectivity index (χ0) is 13.8. The van der Waals surface area contributed by atoms with Crippen molar-refractivity contribution in [1.82, 2.24) is 0 Å². The van der Waals surface area contributed by atoms with Crippen LogP contribution in [0.2, 0.25) is 0 Å². The smallest absolute Gasteiger partial charge is 0.170 e. The first-order chi connectivity index (χ1) is 9.10. The van der Waals surface area contributed by atoms with Gasteiger partial charge >= 0.3 is 0 Å². The fraction of sp³-hybridized carbons (Fsp3) is 0.533. The van der Waals surface area contributed by atoms with Crippen molar-refractivity contribution in [1.29, 1.82) is 0 Å². The summed E-state index contributed by atoms with van der Waals surface area (Å²) >= 11 is 0.